The second-order valence-corrected chi connectivity index (χ2v) is 10.3. The number of carbonyl (C=O) groups excluding carboxylic acids is 1. The summed E-state index contributed by atoms with van der Waals surface area (Å²) in [5, 5.41) is 1.74. The van der Waals surface area contributed by atoms with Crippen molar-refractivity contribution < 1.29 is 27.1 Å². The molecule has 0 spiro atoms. The summed E-state index contributed by atoms with van der Waals surface area (Å²) < 4.78 is 44.8. The van der Waals surface area contributed by atoms with Gasteiger partial charge in [-0.25, -0.2) is 13.2 Å². The van der Waals surface area contributed by atoms with E-state index in [4.69, 9.17) is 13.9 Å². The minimum absolute atomic E-state index is 0.0514. The van der Waals surface area contributed by atoms with Crippen molar-refractivity contribution in [3.8, 4) is 11.5 Å². The Morgan fingerprint density at radius 1 is 0.882 bits per heavy atom. The monoisotopic (exact) mass is 479 g/mol. The molecule has 0 amide bonds. The summed E-state index contributed by atoms with van der Waals surface area (Å²) in [7, 11) is -2.30. The number of benzene rings is 3. The molecule has 0 bridgehead atoms. The molecule has 0 aliphatic carbocycles. The second kappa shape index (κ2) is 9.12. The molecular formula is C26H25NO6S. The van der Waals surface area contributed by atoms with E-state index < -0.39 is 16.0 Å². The summed E-state index contributed by atoms with van der Waals surface area (Å²) in [5.74, 6) is -0.126. The largest absolute Gasteiger partial charge is 0.496 e. The van der Waals surface area contributed by atoms with Crippen LogP contribution in [-0.4, -0.2) is 38.9 Å². The highest BCUT2D eigenvalue weighted by atomic mass is 32.2. The zero-order chi connectivity index (χ0) is 23.7. The fourth-order valence-corrected chi connectivity index (χ4v) is 5.91. The predicted molar refractivity (Wildman–Crippen MR) is 129 cm³/mol. The number of ether oxygens (including phenoxy) is 2. The molecule has 0 N–H and O–H groups in total. The molecule has 1 saturated heterocycles. The third kappa shape index (κ3) is 4.15. The molecule has 34 heavy (non-hydrogen) atoms. The second-order valence-electron chi connectivity index (χ2n) is 8.33. The minimum Gasteiger partial charge on any atom is -0.496 e. The van der Waals surface area contributed by atoms with Gasteiger partial charge in [-0.2, -0.15) is 4.31 Å². The molecule has 3 aromatic carbocycles. The van der Waals surface area contributed by atoms with Gasteiger partial charge < -0.3 is 13.9 Å². The van der Waals surface area contributed by atoms with E-state index in [1.807, 2.05) is 24.3 Å². The molecule has 7 nitrogen and oxygen atoms in total. The van der Waals surface area contributed by atoms with Crippen molar-refractivity contribution in [3.63, 3.8) is 0 Å². The lowest BCUT2D eigenvalue weighted by Crippen LogP contribution is -2.32. The van der Waals surface area contributed by atoms with Gasteiger partial charge in [0.05, 0.1) is 12.0 Å². The van der Waals surface area contributed by atoms with Crippen molar-refractivity contribution in [3.05, 3.63) is 66.2 Å². The molecule has 8 heteroatoms. The molecule has 1 aliphatic rings. The first-order valence-electron chi connectivity index (χ1n) is 11.3. The van der Waals surface area contributed by atoms with Gasteiger partial charge in [0.15, 0.2) is 0 Å². The molecule has 176 valence electrons. The summed E-state index contributed by atoms with van der Waals surface area (Å²) in [4.78, 5) is 13.2. The quantitative estimate of drug-likeness (QED) is 0.282. The van der Waals surface area contributed by atoms with Gasteiger partial charge in [0.25, 0.3) is 0 Å². The number of sulfonamides is 1. The lowest BCUT2D eigenvalue weighted by molar-refractivity contribution is 0.0731. The summed E-state index contributed by atoms with van der Waals surface area (Å²) in [6, 6.07) is 17.1. The number of carbonyl (C=O) groups is 1. The highest BCUT2D eigenvalue weighted by Crippen LogP contribution is 2.32. The zero-order valence-corrected chi connectivity index (χ0v) is 19.6. The third-order valence-corrected chi connectivity index (χ3v) is 8.05. The molecule has 1 aliphatic heterocycles. The van der Waals surface area contributed by atoms with Crippen LogP contribution >= 0.6 is 0 Å². The predicted octanol–water partition coefficient (Wildman–Crippen LogP) is 5.38. The lowest BCUT2D eigenvalue weighted by Gasteiger charge is -2.20. The van der Waals surface area contributed by atoms with E-state index >= 15 is 0 Å². The maximum absolute atomic E-state index is 13.2. The number of hydrogen-bond donors (Lipinski definition) is 0. The van der Waals surface area contributed by atoms with E-state index in [-0.39, 0.29) is 16.2 Å². The third-order valence-electron chi connectivity index (χ3n) is 6.15. The van der Waals surface area contributed by atoms with Crippen LogP contribution in [0.15, 0.2) is 70.0 Å². The van der Waals surface area contributed by atoms with Crippen LogP contribution in [0.1, 0.15) is 36.0 Å². The Kier molecular flexibility index (Phi) is 6.02. The fraction of sp³-hybridized carbons (Fsp3) is 0.269. The van der Waals surface area contributed by atoms with Gasteiger partial charge in [0.2, 0.25) is 10.0 Å². The fourth-order valence-electron chi connectivity index (χ4n) is 4.37. The van der Waals surface area contributed by atoms with Gasteiger partial charge in [-0.15, -0.1) is 0 Å². The highest BCUT2D eigenvalue weighted by Gasteiger charge is 2.27. The minimum atomic E-state index is -3.73. The van der Waals surface area contributed by atoms with Crippen molar-refractivity contribution in [2.45, 2.75) is 30.6 Å². The summed E-state index contributed by atoms with van der Waals surface area (Å²) >= 11 is 0. The van der Waals surface area contributed by atoms with Gasteiger partial charge >= 0.3 is 5.97 Å². The van der Waals surface area contributed by atoms with E-state index in [1.165, 1.54) is 29.6 Å². The molecule has 0 atom stereocenters. The molecular weight excluding hydrogens is 454 g/mol. The Morgan fingerprint density at radius 3 is 2.38 bits per heavy atom. The smallest absolute Gasteiger partial charge is 0.347 e. The van der Waals surface area contributed by atoms with Crippen molar-refractivity contribution in [1.82, 2.24) is 4.31 Å². The molecule has 1 aromatic heterocycles. The Balaban J connectivity index is 1.47. The molecule has 2 heterocycles. The van der Waals surface area contributed by atoms with Crippen LogP contribution < -0.4 is 9.47 Å². The summed E-state index contributed by atoms with van der Waals surface area (Å²) in [6.07, 6.45) is 3.69. The first-order valence-corrected chi connectivity index (χ1v) is 12.7. The van der Waals surface area contributed by atoms with Gasteiger partial charge in [0, 0.05) is 23.9 Å². The van der Waals surface area contributed by atoms with Crippen molar-refractivity contribution in [1.29, 1.82) is 0 Å². The van der Waals surface area contributed by atoms with Crippen molar-refractivity contribution in [2.24, 2.45) is 0 Å². The van der Waals surface area contributed by atoms with Crippen molar-refractivity contribution >= 4 is 37.9 Å². The summed E-state index contributed by atoms with van der Waals surface area (Å²) in [5.41, 5.74) is 1.48. The number of fused-ring (bicyclic) bond motifs is 3. The number of methoxy groups -OCH3 is 1. The zero-order valence-electron chi connectivity index (χ0n) is 18.8. The van der Waals surface area contributed by atoms with E-state index in [1.54, 1.807) is 18.2 Å². The number of furan rings is 1. The topological polar surface area (TPSA) is 86.1 Å². The average molecular weight is 480 g/mol. The van der Waals surface area contributed by atoms with Gasteiger partial charge in [0.1, 0.15) is 28.2 Å². The normalized spacial score (nSPS) is 15.3. The standard InChI is InChI=1S/C26H25NO6S/c1-31-23-13-11-19(34(29,30)27-14-6-2-3-7-15-27)17-22(23)26(28)32-18-10-12-25-21(16-18)20-8-4-5-9-24(20)33-25/h4-5,8-13,16-17H,2-3,6-7,14-15H2,1H3. The molecule has 0 unspecified atom stereocenters. The number of hydrogen-bond acceptors (Lipinski definition) is 6. The van der Waals surface area contributed by atoms with Crippen LogP contribution in [0.5, 0.6) is 11.5 Å². The van der Waals surface area contributed by atoms with Gasteiger partial charge in [-0.1, -0.05) is 31.0 Å². The molecule has 1 fully saturated rings. The van der Waals surface area contributed by atoms with E-state index in [2.05, 4.69) is 0 Å². The van der Waals surface area contributed by atoms with E-state index in [0.717, 1.165) is 42.0 Å². The molecule has 0 saturated carbocycles. The Morgan fingerprint density at radius 2 is 1.62 bits per heavy atom. The molecule has 4 aromatic rings. The number of rotatable bonds is 5. The summed E-state index contributed by atoms with van der Waals surface area (Å²) in [6.45, 7) is 0.958. The maximum atomic E-state index is 13.2. The SMILES string of the molecule is COc1ccc(S(=O)(=O)N2CCCCCC2)cc1C(=O)Oc1ccc2oc3ccccc3c2c1. The maximum Gasteiger partial charge on any atom is 0.347 e. The lowest BCUT2D eigenvalue weighted by atomic mass is 10.1. The van der Waals surface area contributed by atoms with Crippen LogP contribution in [-0.2, 0) is 10.0 Å². The van der Waals surface area contributed by atoms with Crippen LogP contribution in [0.25, 0.3) is 21.9 Å². The van der Waals surface area contributed by atoms with Crippen LogP contribution in [0, 0.1) is 0 Å². The Hall–Kier alpha value is -3.36. The average Bonchev–Trinajstić information content (AvgIpc) is 3.01. The van der Waals surface area contributed by atoms with Crippen molar-refractivity contribution in [2.75, 3.05) is 20.2 Å². The molecule has 5 rings (SSSR count). The first-order chi connectivity index (χ1) is 16.5. The highest BCUT2D eigenvalue weighted by molar-refractivity contribution is 7.89. The Labute approximate surface area is 197 Å². The van der Waals surface area contributed by atoms with Gasteiger partial charge in [-0.05, 0) is 55.3 Å². The number of para-hydroxylation sites is 1. The van der Waals surface area contributed by atoms with E-state index in [9.17, 15) is 13.2 Å². The van der Waals surface area contributed by atoms with Crippen LogP contribution in [0.3, 0.4) is 0 Å². The van der Waals surface area contributed by atoms with Crippen LogP contribution in [0.4, 0.5) is 0 Å². The van der Waals surface area contributed by atoms with E-state index in [0.29, 0.717) is 24.4 Å². The van der Waals surface area contributed by atoms with Crippen LogP contribution in [0.2, 0.25) is 0 Å². The Bertz CT molecular complexity index is 1470. The number of esters is 1. The molecule has 0 radical (unpaired) electrons. The first kappa shape index (κ1) is 22.4. The number of nitrogens with zero attached hydrogens (tertiary/aromatic N) is 1. The van der Waals surface area contributed by atoms with Gasteiger partial charge in [-0.3, -0.25) is 0 Å².